The van der Waals surface area contributed by atoms with Gasteiger partial charge in [-0.2, -0.15) is 15.0 Å². The SMILES string of the molecule is c1ccc(Nc2nc(Nc3ccccc3)nc(Nc3ccc4ccc5cccc6ccc3c4c56)n2)cc1. The summed E-state index contributed by atoms with van der Waals surface area (Å²) >= 11 is 0. The second-order valence-electron chi connectivity index (χ2n) is 8.88. The smallest absolute Gasteiger partial charge is 0.233 e. The van der Waals surface area contributed by atoms with Crippen LogP contribution in [-0.2, 0) is 0 Å². The summed E-state index contributed by atoms with van der Waals surface area (Å²) in [5, 5.41) is 17.4. The molecule has 7 aromatic rings. The number of nitrogens with one attached hydrogen (secondary N) is 3. The Morgan fingerprint density at radius 2 is 0.865 bits per heavy atom. The molecule has 0 aliphatic rings. The fraction of sp³-hybridized carbons (Fsp3) is 0. The fourth-order valence-electron chi connectivity index (χ4n) is 4.81. The normalized spacial score (nSPS) is 11.2. The predicted molar refractivity (Wildman–Crippen MR) is 153 cm³/mol. The second-order valence-corrected chi connectivity index (χ2v) is 8.88. The van der Waals surface area contributed by atoms with Gasteiger partial charge in [-0.1, -0.05) is 84.9 Å². The third-order valence-electron chi connectivity index (χ3n) is 6.47. The quantitative estimate of drug-likeness (QED) is 0.210. The Morgan fingerprint density at radius 3 is 1.46 bits per heavy atom. The van der Waals surface area contributed by atoms with Crippen molar-refractivity contribution in [3.63, 3.8) is 0 Å². The highest BCUT2D eigenvalue weighted by atomic mass is 15.3. The first-order chi connectivity index (χ1) is 18.3. The van der Waals surface area contributed by atoms with Crippen LogP contribution in [0.25, 0.3) is 32.3 Å². The number of aromatic nitrogens is 3. The van der Waals surface area contributed by atoms with Crippen LogP contribution in [0.3, 0.4) is 0 Å². The van der Waals surface area contributed by atoms with Crippen LogP contribution in [-0.4, -0.2) is 15.0 Å². The molecule has 6 aromatic carbocycles. The lowest BCUT2D eigenvalue weighted by molar-refractivity contribution is 1.06. The van der Waals surface area contributed by atoms with Crippen LogP contribution in [0.4, 0.5) is 34.9 Å². The van der Waals surface area contributed by atoms with Crippen LogP contribution in [0.1, 0.15) is 0 Å². The van der Waals surface area contributed by atoms with Gasteiger partial charge < -0.3 is 16.0 Å². The molecular weight excluding hydrogens is 456 g/mol. The summed E-state index contributed by atoms with van der Waals surface area (Å²) in [5.41, 5.74) is 2.73. The van der Waals surface area contributed by atoms with Crippen molar-refractivity contribution in [2.24, 2.45) is 0 Å². The van der Waals surface area contributed by atoms with Gasteiger partial charge in [0.15, 0.2) is 0 Å². The van der Waals surface area contributed by atoms with Crippen molar-refractivity contribution < 1.29 is 0 Å². The molecule has 0 saturated heterocycles. The third-order valence-corrected chi connectivity index (χ3v) is 6.47. The van der Waals surface area contributed by atoms with Crippen molar-refractivity contribution in [3.05, 3.63) is 115 Å². The van der Waals surface area contributed by atoms with Crippen LogP contribution in [0.5, 0.6) is 0 Å². The van der Waals surface area contributed by atoms with Gasteiger partial charge in [0.1, 0.15) is 0 Å². The molecule has 0 unspecified atom stereocenters. The van der Waals surface area contributed by atoms with Crippen LogP contribution < -0.4 is 16.0 Å². The molecule has 0 amide bonds. The molecule has 0 aliphatic carbocycles. The zero-order valence-electron chi connectivity index (χ0n) is 19.8. The lowest BCUT2D eigenvalue weighted by Crippen LogP contribution is -2.07. The summed E-state index contributed by atoms with van der Waals surface area (Å²) in [6, 6.07) is 39.1. The zero-order valence-corrected chi connectivity index (χ0v) is 19.8. The minimum absolute atomic E-state index is 0.444. The van der Waals surface area contributed by atoms with Gasteiger partial charge in [-0.15, -0.1) is 0 Å². The number of hydrogen-bond acceptors (Lipinski definition) is 6. The van der Waals surface area contributed by atoms with E-state index in [-0.39, 0.29) is 0 Å². The summed E-state index contributed by atoms with van der Waals surface area (Å²) < 4.78 is 0. The van der Waals surface area contributed by atoms with E-state index in [1.807, 2.05) is 60.7 Å². The Labute approximate surface area is 213 Å². The Bertz CT molecular complexity index is 1780. The van der Waals surface area contributed by atoms with Gasteiger partial charge in [-0.3, -0.25) is 0 Å². The van der Waals surface area contributed by atoms with E-state index in [0.29, 0.717) is 17.8 Å². The Morgan fingerprint density at radius 1 is 0.378 bits per heavy atom. The summed E-state index contributed by atoms with van der Waals surface area (Å²) in [5.74, 6) is 1.33. The average molecular weight is 479 g/mol. The van der Waals surface area contributed by atoms with Gasteiger partial charge in [-0.05, 0) is 57.3 Å². The topological polar surface area (TPSA) is 74.8 Å². The van der Waals surface area contributed by atoms with Gasteiger partial charge >= 0.3 is 0 Å². The van der Waals surface area contributed by atoms with Crippen molar-refractivity contribution in [1.82, 2.24) is 15.0 Å². The molecule has 1 heterocycles. The molecule has 0 spiro atoms. The van der Waals surface area contributed by atoms with E-state index in [1.54, 1.807) is 0 Å². The van der Waals surface area contributed by atoms with Gasteiger partial charge in [0, 0.05) is 22.4 Å². The molecule has 37 heavy (non-hydrogen) atoms. The molecule has 0 bridgehead atoms. The predicted octanol–water partition coefficient (Wildman–Crippen LogP) is 8.00. The van der Waals surface area contributed by atoms with E-state index in [0.717, 1.165) is 22.4 Å². The summed E-state index contributed by atoms with van der Waals surface area (Å²) in [6.45, 7) is 0. The molecule has 0 atom stereocenters. The first kappa shape index (κ1) is 21.1. The molecule has 7 rings (SSSR count). The summed E-state index contributed by atoms with van der Waals surface area (Å²) in [4.78, 5) is 14.0. The van der Waals surface area contributed by atoms with E-state index < -0.39 is 0 Å². The Kier molecular flexibility index (Phi) is 5.00. The second kappa shape index (κ2) is 8.77. The molecule has 1 aromatic heterocycles. The van der Waals surface area contributed by atoms with Crippen LogP contribution in [0.2, 0.25) is 0 Å². The Balaban J connectivity index is 1.32. The summed E-state index contributed by atoms with van der Waals surface area (Å²) in [7, 11) is 0. The van der Waals surface area contributed by atoms with Gasteiger partial charge in [0.2, 0.25) is 17.8 Å². The van der Waals surface area contributed by atoms with Crippen molar-refractivity contribution in [1.29, 1.82) is 0 Å². The van der Waals surface area contributed by atoms with E-state index in [9.17, 15) is 0 Å². The van der Waals surface area contributed by atoms with Crippen LogP contribution >= 0.6 is 0 Å². The van der Waals surface area contributed by atoms with Crippen LogP contribution in [0, 0.1) is 0 Å². The maximum Gasteiger partial charge on any atom is 0.233 e. The minimum Gasteiger partial charge on any atom is -0.324 e. The minimum atomic E-state index is 0.444. The maximum atomic E-state index is 4.69. The first-order valence-electron chi connectivity index (χ1n) is 12.1. The van der Waals surface area contributed by atoms with Crippen molar-refractivity contribution in [2.75, 3.05) is 16.0 Å². The van der Waals surface area contributed by atoms with E-state index in [2.05, 4.69) is 75.5 Å². The number of rotatable bonds is 6. The lowest BCUT2D eigenvalue weighted by Gasteiger charge is -2.15. The number of para-hydroxylation sites is 2. The number of hydrogen-bond donors (Lipinski definition) is 3. The van der Waals surface area contributed by atoms with Crippen molar-refractivity contribution >= 4 is 67.2 Å². The number of nitrogens with zero attached hydrogens (tertiary/aromatic N) is 3. The standard InChI is InChI=1S/C31H22N6/c1-3-10-23(11-4-1)32-29-35-30(33-24-12-5-2-6-13-24)37-31(36-29)34-26-19-17-22-15-14-20-8-7-9-21-16-18-25(26)28(22)27(20)21/h1-19H,(H3,32,33,34,35,36,37). The van der Waals surface area contributed by atoms with E-state index in [4.69, 9.17) is 9.97 Å². The molecule has 0 aliphatic heterocycles. The average Bonchev–Trinajstić information content (AvgIpc) is 2.93. The highest BCUT2D eigenvalue weighted by molar-refractivity contribution is 6.25. The van der Waals surface area contributed by atoms with Gasteiger partial charge in [0.05, 0.1) is 0 Å². The molecule has 6 nitrogen and oxygen atoms in total. The molecule has 0 saturated carbocycles. The summed E-state index contributed by atoms with van der Waals surface area (Å²) in [6.07, 6.45) is 0. The fourth-order valence-corrected chi connectivity index (χ4v) is 4.81. The molecule has 0 fully saturated rings. The van der Waals surface area contributed by atoms with Gasteiger partial charge in [-0.25, -0.2) is 0 Å². The Hall–Kier alpha value is -5.23. The van der Waals surface area contributed by atoms with Gasteiger partial charge in [0.25, 0.3) is 0 Å². The molecular formula is C31H22N6. The van der Waals surface area contributed by atoms with Crippen molar-refractivity contribution in [2.45, 2.75) is 0 Å². The highest BCUT2D eigenvalue weighted by Crippen LogP contribution is 2.38. The maximum absolute atomic E-state index is 4.69. The third kappa shape index (κ3) is 4.00. The number of benzene rings is 6. The monoisotopic (exact) mass is 478 g/mol. The molecule has 6 heteroatoms. The zero-order chi connectivity index (χ0) is 24.6. The highest BCUT2D eigenvalue weighted by Gasteiger charge is 2.13. The van der Waals surface area contributed by atoms with Crippen molar-refractivity contribution in [3.8, 4) is 0 Å². The lowest BCUT2D eigenvalue weighted by atomic mass is 9.93. The molecule has 0 radical (unpaired) electrons. The van der Waals surface area contributed by atoms with E-state index >= 15 is 0 Å². The first-order valence-corrected chi connectivity index (χ1v) is 12.1. The number of anilines is 6. The largest absolute Gasteiger partial charge is 0.324 e. The molecule has 176 valence electrons. The van der Waals surface area contributed by atoms with Crippen LogP contribution in [0.15, 0.2) is 115 Å². The van der Waals surface area contributed by atoms with E-state index in [1.165, 1.54) is 26.9 Å². The molecule has 3 N–H and O–H groups in total.